The minimum atomic E-state index is -0.445. The molecule has 2 aliphatic rings. The predicted octanol–water partition coefficient (Wildman–Crippen LogP) is 5.97. The van der Waals surface area contributed by atoms with Crippen LogP contribution in [0.5, 0.6) is 0 Å². The zero-order chi connectivity index (χ0) is 35.7. The van der Waals surface area contributed by atoms with Gasteiger partial charge in [0.1, 0.15) is 18.5 Å². The number of nitrogens with one attached hydrogen (secondary N) is 2. The summed E-state index contributed by atoms with van der Waals surface area (Å²) in [5.41, 5.74) is 0.700. The van der Waals surface area contributed by atoms with Crippen molar-refractivity contribution in [2.75, 3.05) is 0 Å². The normalized spacial score (nSPS) is 27.9. The van der Waals surface area contributed by atoms with E-state index in [-0.39, 0.29) is 81.0 Å². The zero-order valence-electron chi connectivity index (χ0n) is 29.5. The number of hydrogen-bond donors (Lipinski definition) is 2. The van der Waals surface area contributed by atoms with Crippen LogP contribution in [0.3, 0.4) is 0 Å². The van der Waals surface area contributed by atoms with E-state index >= 15 is 0 Å². The van der Waals surface area contributed by atoms with E-state index in [1.807, 2.05) is 26.0 Å². The molecule has 0 radical (unpaired) electrons. The molecular formula is C38H64N2O9. The number of allylic oxidation sites excluding steroid dienone is 1. The minimum Gasteiger partial charge on any atom is -0.459 e. The average molecular weight is 693 g/mol. The third kappa shape index (κ3) is 19.3. The number of hydrogen-bond acceptors (Lipinski definition) is 9. The van der Waals surface area contributed by atoms with Crippen LogP contribution in [0.1, 0.15) is 103 Å². The Labute approximate surface area is 295 Å². The molecule has 0 aromatic carbocycles. The van der Waals surface area contributed by atoms with Gasteiger partial charge in [-0.2, -0.15) is 0 Å². The number of ether oxygens (including phenoxy) is 4. The summed E-state index contributed by atoms with van der Waals surface area (Å²) in [6.45, 7) is 19.7. The van der Waals surface area contributed by atoms with Crippen molar-refractivity contribution in [3.63, 3.8) is 0 Å². The molecule has 2 heterocycles. The van der Waals surface area contributed by atoms with Gasteiger partial charge in [0, 0.05) is 26.0 Å². The van der Waals surface area contributed by atoms with Crippen LogP contribution in [-0.4, -0.2) is 78.7 Å². The van der Waals surface area contributed by atoms with Crippen LogP contribution in [0.2, 0.25) is 0 Å². The molecule has 49 heavy (non-hydrogen) atoms. The summed E-state index contributed by atoms with van der Waals surface area (Å²) in [5.74, 6) is -0.556. The molecule has 0 spiro atoms. The summed E-state index contributed by atoms with van der Waals surface area (Å²) in [4.78, 5) is 56.3. The average Bonchev–Trinajstić information content (AvgIpc) is 2.98. The Morgan fingerprint density at radius 3 is 1.49 bits per heavy atom. The van der Waals surface area contributed by atoms with Gasteiger partial charge in [-0.15, -0.1) is 6.58 Å². The Morgan fingerprint density at radius 1 is 0.755 bits per heavy atom. The van der Waals surface area contributed by atoms with Crippen LogP contribution < -0.4 is 10.6 Å². The highest BCUT2D eigenvalue weighted by Gasteiger charge is 2.34. The van der Waals surface area contributed by atoms with E-state index in [0.717, 1.165) is 25.5 Å². The van der Waals surface area contributed by atoms with Gasteiger partial charge < -0.3 is 29.6 Å². The number of carbonyl (C=O) groups is 5. The van der Waals surface area contributed by atoms with E-state index in [0.29, 0.717) is 17.9 Å². The van der Waals surface area contributed by atoms with E-state index in [9.17, 15) is 24.0 Å². The third-order valence-electron chi connectivity index (χ3n) is 8.09. The molecule has 11 heteroatoms. The lowest BCUT2D eigenvalue weighted by atomic mass is 9.88. The standard InChI is InChI=1S/C19H29NO5.C17H27NO4.2CH4/c1-12(11-21)6-8-18-13(2)10-17(15(4)25-18)20-19(23)9-7-14(3)24-16(5)22;1-6-7-16-11(2)10-15(13(4)22-16)18-17(20)9-8-12(3)21-14(5)19;;/h6-7,9,11,13-15,17-18H,8,10H2,1-5H3,(H,20,23);6,8-9,11-13,15-16H,1,7,10H2,2-5H3,(H,18,20);2*1H4/b9-7-,12-6+;9-8-;;/t13-,14-,15+,17+,18-;11-,12-,13+,15+,16-;;/m00../s1. The molecular weight excluding hydrogens is 628 g/mol. The van der Waals surface area contributed by atoms with Crippen LogP contribution in [0, 0.1) is 11.8 Å². The molecule has 0 aliphatic carbocycles. The van der Waals surface area contributed by atoms with Gasteiger partial charge in [0.25, 0.3) is 0 Å². The highest BCUT2D eigenvalue weighted by atomic mass is 16.5. The monoisotopic (exact) mass is 692 g/mol. The molecule has 0 unspecified atom stereocenters. The van der Waals surface area contributed by atoms with Crippen molar-refractivity contribution in [3.05, 3.63) is 48.6 Å². The molecule has 2 saturated heterocycles. The van der Waals surface area contributed by atoms with Crippen molar-refractivity contribution >= 4 is 30.0 Å². The molecule has 2 rings (SSSR count). The summed E-state index contributed by atoms with van der Waals surface area (Å²) in [5, 5.41) is 5.89. The highest BCUT2D eigenvalue weighted by Crippen LogP contribution is 2.28. The van der Waals surface area contributed by atoms with E-state index < -0.39 is 12.2 Å². The van der Waals surface area contributed by atoms with E-state index in [4.69, 9.17) is 18.9 Å². The first kappa shape index (κ1) is 47.5. The number of esters is 2. The first-order valence-corrected chi connectivity index (χ1v) is 16.4. The molecule has 2 amide bonds. The van der Waals surface area contributed by atoms with Crippen molar-refractivity contribution in [3.8, 4) is 0 Å². The fraction of sp³-hybridized carbons (Fsp3) is 0.658. The van der Waals surface area contributed by atoms with E-state index in [1.165, 1.54) is 26.0 Å². The van der Waals surface area contributed by atoms with Crippen LogP contribution in [0.4, 0.5) is 0 Å². The molecule has 0 saturated carbocycles. The van der Waals surface area contributed by atoms with Gasteiger partial charge in [-0.25, -0.2) is 0 Å². The maximum absolute atomic E-state index is 12.0. The van der Waals surface area contributed by atoms with Crippen molar-refractivity contribution in [2.45, 2.75) is 152 Å². The first-order chi connectivity index (χ1) is 22.1. The van der Waals surface area contributed by atoms with Gasteiger partial charge in [-0.3, -0.25) is 24.0 Å². The summed E-state index contributed by atoms with van der Waals surface area (Å²) < 4.78 is 21.8. The Balaban J connectivity index is 0. The second kappa shape index (κ2) is 24.5. The molecule has 2 N–H and O–H groups in total. The Hall–Kier alpha value is -3.57. The Morgan fingerprint density at radius 2 is 1.14 bits per heavy atom. The number of rotatable bonds is 13. The van der Waals surface area contributed by atoms with E-state index in [2.05, 4.69) is 31.1 Å². The maximum atomic E-state index is 12.0. The molecule has 2 fully saturated rings. The van der Waals surface area contributed by atoms with Crippen molar-refractivity contribution in [1.82, 2.24) is 10.6 Å². The second-order valence-electron chi connectivity index (χ2n) is 12.6. The van der Waals surface area contributed by atoms with Gasteiger partial charge in [0.05, 0.1) is 36.5 Å². The first-order valence-electron chi connectivity index (χ1n) is 16.4. The number of aldehydes is 1. The smallest absolute Gasteiger partial charge is 0.303 e. The SMILES string of the molecule is C.C.C=CC[C@@H]1O[C@H](C)[C@H](NC(=O)/C=C\[C@H](C)OC(C)=O)C[C@@H]1C.CC(=O)O[C@@H](C)/C=C\C(=O)N[C@@H]1C[C@H](C)[C@H](C/C=C(\C)C=O)O[C@@H]1C. The summed E-state index contributed by atoms with van der Waals surface area (Å²) in [6.07, 6.45) is 12.9. The van der Waals surface area contributed by atoms with Gasteiger partial charge in [0.15, 0.2) is 0 Å². The van der Waals surface area contributed by atoms with Crippen molar-refractivity contribution in [1.29, 1.82) is 0 Å². The highest BCUT2D eigenvalue weighted by molar-refractivity contribution is 5.88. The van der Waals surface area contributed by atoms with Crippen molar-refractivity contribution < 1.29 is 42.9 Å². The summed E-state index contributed by atoms with van der Waals surface area (Å²) in [7, 11) is 0. The molecule has 2 aliphatic heterocycles. The number of carbonyl (C=O) groups excluding carboxylic acids is 5. The fourth-order valence-corrected chi connectivity index (χ4v) is 5.45. The lowest BCUT2D eigenvalue weighted by Crippen LogP contribution is -2.50. The fourth-order valence-electron chi connectivity index (χ4n) is 5.45. The molecule has 0 aromatic rings. The largest absolute Gasteiger partial charge is 0.459 e. The maximum Gasteiger partial charge on any atom is 0.303 e. The van der Waals surface area contributed by atoms with E-state index in [1.54, 1.807) is 32.9 Å². The van der Waals surface area contributed by atoms with Crippen LogP contribution in [-0.2, 0) is 42.9 Å². The zero-order valence-corrected chi connectivity index (χ0v) is 29.5. The minimum absolute atomic E-state index is 0. The predicted molar refractivity (Wildman–Crippen MR) is 194 cm³/mol. The molecule has 280 valence electrons. The number of amides is 2. The Bertz CT molecular complexity index is 1150. The lowest BCUT2D eigenvalue weighted by molar-refractivity contribution is -0.144. The van der Waals surface area contributed by atoms with Crippen LogP contribution in [0.15, 0.2) is 48.6 Å². The van der Waals surface area contributed by atoms with Crippen LogP contribution in [0.25, 0.3) is 0 Å². The third-order valence-corrected chi connectivity index (χ3v) is 8.09. The van der Waals surface area contributed by atoms with Gasteiger partial charge >= 0.3 is 11.9 Å². The molecule has 0 bridgehead atoms. The molecule has 0 aromatic heterocycles. The topological polar surface area (TPSA) is 146 Å². The lowest BCUT2D eigenvalue weighted by Gasteiger charge is -2.39. The van der Waals surface area contributed by atoms with Crippen LogP contribution >= 0.6 is 0 Å². The van der Waals surface area contributed by atoms with Gasteiger partial charge in [0.2, 0.25) is 11.8 Å². The molecule has 11 nitrogen and oxygen atoms in total. The molecule has 10 atom stereocenters. The Kier molecular flexibility index (Phi) is 23.8. The van der Waals surface area contributed by atoms with Crippen molar-refractivity contribution in [2.24, 2.45) is 11.8 Å². The van der Waals surface area contributed by atoms with Gasteiger partial charge in [-0.1, -0.05) is 40.9 Å². The summed E-state index contributed by atoms with van der Waals surface area (Å²) >= 11 is 0. The van der Waals surface area contributed by atoms with Gasteiger partial charge in [-0.05, 0) is 89.9 Å². The quantitative estimate of drug-likeness (QED) is 0.103. The summed E-state index contributed by atoms with van der Waals surface area (Å²) in [6, 6.07) is -0.0965. The second-order valence-corrected chi connectivity index (χ2v) is 12.6.